The minimum absolute atomic E-state index is 0.660. The van der Waals surface area contributed by atoms with Crippen LogP contribution >= 0.6 is 15.9 Å². The SMILES string of the molecule is COCCCNc1nc(Br)nc2c1CNCC2. The van der Waals surface area contributed by atoms with Crippen LogP contribution < -0.4 is 10.6 Å². The van der Waals surface area contributed by atoms with Gasteiger partial charge < -0.3 is 15.4 Å². The van der Waals surface area contributed by atoms with Gasteiger partial charge in [-0.25, -0.2) is 9.97 Å². The monoisotopic (exact) mass is 300 g/mol. The first kappa shape index (κ1) is 12.7. The zero-order chi connectivity index (χ0) is 12.1. The van der Waals surface area contributed by atoms with Crippen LogP contribution in [-0.2, 0) is 17.7 Å². The Labute approximate surface area is 110 Å². The van der Waals surface area contributed by atoms with E-state index >= 15 is 0 Å². The van der Waals surface area contributed by atoms with Gasteiger partial charge in [0.2, 0.25) is 0 Å². The van der Waals surface area contributed by atoms with Crippen LogP contribution in [0.3, 0.4) is 0 Å². The van der Waals surface area contributed by atoms with Crippen LogP contribution in [0.2, 0.25) is 0 Å². The minimum Gasteiger partial charge on any atom is -0.385 e. The molecule has 1 aliphatic rings. The van der Waals surface area contributed by atoms with Gasteiger partial charge in [0, 0.05) is 45.3 Å². The number of halogens is 1. The van der Waals surface area contributed by atoms with Gasteiger partial charge in [0.1, 0.15) is 5.82 Å². The molecule has 1 aromatic heterocycles. The van der Waals surface area contributed by atoms with Crippen molar-refractivity contribution in [3.05, 3.63) is 16.0 Å². The van der Waals surface area contributed by atoms with E-state index in [2.05, 4.69) is 36.5 Å². The topological polar surface area (TPSA) is 59.1 Å². The lowest BCUT2D eigenvalue weighted by molar-refractivity contribution is 0.197. The predicted molar refractivity (Wildman–Crippen MR) is 70.1 cm³/mol. The smallest absolute Gasteiger partial charge is 0.198 e. The summed E-state index contributed by atoms with van der Waals surface area (Å²) < 4.78 is 5.68. The van der Waals surface area contributed by atoms with Gasteiger partial charge in [0.15, 0.2) is 4.73 Å². The first-order valence-corrected chi connectivity index (χ1v) is 6.59. The van der Waals surface area contributed by atoms with Crippen molar-refractivity contribution < 1.29 is 4.74 Å². The fourth-order valence-electron chi connectivity index (χ4n) is 1.88. The van der Waals surface area contributed by atoms with E-state index in [1.165, 1.54) is 5.56 Å². The second-order valence-electron chi connectivity index (χ2n) is 3.97. The Morgan fingerprint density at radius 3 is 3.18 bits per heavy atom. The van der Waals surface area contributed by atoms with Crippen LogP contribution in [0.15, 0.2) is 4.73 Å². The second kappa shape index (κ2) is 6.28. The first-order valence-electron chi connectivity index (χ1n) is 5.80. The van der Waals surface area contributed by atoms with E-state index in [0.717, 1.165) is 50.6 Å². The molecule has 0 spiro atoms. The third-order valence-corrected chi connectivity index (χ3v) is 3.08. The summed E-state index contributed by atoms with van der Waals surface area (Å²) in [5.74, 6) is 0.935. The average Bonchev–Trinajstić information content (AvgIpc) is 2.34. The molecule has 17 heavy (non-hydrogen) atoms. The van der Waals surface area contributed by atoms with Crippen molar-refractivity contribution in [3.63, 3.8) is 0 Å². The third kappa shape index (κ3) is 3.37. The predicted octanol–water partition coefficient (Wildman–Crippen LogP) is 1.33. The molecule has 0 saturated carbocycles. The molecule has 0 radical (unpaired) electrons. The molecule has 5 nitrogen and oxygen atoms in total. The van der Waals surface area contributed by atoms with Crippen molar-refractivity contribution in [3.8, 4) is 0 Å². The minimum atomic E-state index is 0.660. The number of anilines is 1. The van der Waals surface area contributed by atoms with E-state index < -0.39 is 0 Å². The molecule has 94 valence electrons. The van der Waals surface area contributed by atoms with Crippen molar-refractivity contribution in [2.75, 3.05) is 32.1 Å². The normalized spacial score (nSPS) is 14.5. The molecule has 0 aliphatic carbocycles. The Kier molecular flexibility index (Phi) is 4.70. The molecule has 2 N–H and O–H groups in total. The number of aromatic nitrogens is 2. The molecule has 0 unspecified atom stereocenters. The lowest BCUT2D eigenvalue weighted by Crippen LogP contribution is -2.26. The summed E-state index contributed by atoms with van der Waals surface area (Å²) >= 11 is 3.36. The van der Waals surface area contributed by atoms with Crippen LogP contribution in [0.5, 0.6) is 0 Å². The van der Waals surface area contributed by atoms with E-state index in [-0.39, 0.29) is 0 Å². The second-order valence-corrected chi connectivity index (χ2v) is 4.68. The average molecular weight is 301 g/mol. The number of hydrogen-bond acceptors (Lipinski definition) is 5. The summed E-state index contributed by atoms with van der Waals surface area (Å²) in [6.45, 7) is 3.46. The maximum atomic E-state index is 5.02. The highest BCUT2D eigenvalue weighted by Crippen LogP contribution is 2.21. The number of nitrogens with one attached hydrogen (secondary N) is 2. The summed E-state index contributed by atoms with van der Waals surface area (Å²) in [7, 11) is 1.72. The van der Waals surface area contributed by atoms with Gasteiger partial charge in [0.05, 0.1) is 5.69 Å². The van der Waals surface area contributed by atoms with Gasteiger partial charge in [-0.05, 0) is 22.4 Å². The van der Waals surface area contributed by atoms with E-state index in [4.69, 9.17) is 4.74 Å². The van der Waals surface area contributed by atoms with Crippen LogP contribution in [0.25, 0.3) is 0 Å². The molecular formula is C11H17BrN4O. The Balaban J connectivity index is 2.07. The van der Waals surface area contributed by atoms with Gasteiger partial charge in [-0.2, -0.15) is 0 Å². The maximum absolute atomic E-state index is 5.02. The number of ether oxygens (including phenoxy) is 1. The summed E-state index contributed by atoms with van der Waals surface area (Å²) in [6, 6.07) is 0. The lowest BCUT2D eigenvalue weighted by Gasteiger charge is -2.19. The van der Waals surface area contributed by atoms with E-state index in [1.54, 1.807) is 7.11 Å². The van der Waals surface area contributed by atoms with Crippen LogP contribution in [0.1, 0.15) is 17.7 Å². The van der Waals surface area contributed by atoms with Crippen molar-refractivity contribution in [1.29, 1.82) is 0 Å². The van der Waals surface area contributed by atoms with Gasteiger partial charge in [-0.15, -0.1) is 0 Å². The zero-order valence-electron chi connectivity index (χ0n) is 9.92. The molecule has 0 bridgehead atoms. The summed E-state index contributed by atoms with van der Waals surface area (Å²) in [4.78, 5) is 8.82. The van der Waals surface area contributed by atoms with Crippen molar-refractivity contribution in [2.24, 2.45) is 0 Å². The van der Waals surface area contributed by atoms with Gasteiger partial charge >= 0.3 is 0 Å². The standard InChI is InChI=1S/C11H17BrN4O/c1-17-6-2-4-14-10-8-7-13-5-3-9(8)15-11(12)16-10/h13H,2-7H2,1H3,(H,14,15,16). The summed E-state index contributed by atoms with van der Waals surface area (Å²) in [6.07, 6.45) is 1.93. The number of rotatable bonds is 5. The fraction of sp³-hybridized carbons (Fsp3) is 0.636. The highest BCUT2D eigenvalue weighted by molar-refractivity contribution is 9.10. The summed E-state index contributed by atoms with van der Waals surface area (Å²) in [5.41, 5.74) is 2.33. The molecule has 0 aromatic carbocycles. The van der Waals surface area contributed by atoms with Gasteiger partial charge in [-0.3, -0.25) is 0 Å². The quantitative estimate of drug-likeness (QED) is 0.635. The number of methoxy groups -OCH3 is 1. The van der Waals surface area contributed by atoms with Crippen molar-refractivity contribution >= 4 is 21.7 Å². The number of hydrogen-bond donors (Lipinski definition) is 2. The zero-order valence-corrected chi connectivity index (χ0v) is 11.5. The van der Waals surface area contributed by atoms with Crippen LogP contribution in [0.4, 0.5) is 5.82 Å². The molecule has 0 atom stereocenters. The van der Waals surface area contributed by atoms with Gasteiger partial charge in [-0.1, -0.05) is 0 Å². The van der Waals surface area contributed by atoms with Crippen molar-refractivity contribution in [2.45, 2.75) is 19.4 Å². The highest BCUT2D eigenvalue weighted by Gasteiger charge is 2.16. The van der Waals surface area contributed by atoms with Crippen LogP contribution in [-0.4, -0.2) is 36.8 Å². The van der Waals surface area contributed by atoms with Crippen LogP contribution in [0, 0.1) is 0 Å². The third-order valence-electron chi connectivity index (χ3n) is 2.72. The molecule has 2 heterocycles. The van der Waals surface area contributed by atoms with Gasteiger partial charge in [0.25, 0.3) is 0 Å². The highest BCUT2D eigenvalue weighted by atomic mass is 79.9. The molecule has 0 amide bonds. The number of fused-ring (bicyclic) bond motifs is 1. The molecule has 0 saturated heterocycles. The molecule has 0 fully saturated rings. The van der Waals surface area contributed by atoms with Crippen molar-refractivity contribution in [1.82, 2.24) is 15.3 Å². The van der Waals surface area contributed by atoms with E-state index in [9.17, 15) is 0 Å². The Morgan fingerprint density at radius 2 is 2.35 bits per heavy atom. The first-order chi connectivity index (χ1) is 8.31. The van der Waals surface area contributed by atoms with E-state index in [0.29, 0.717) is 4.73 Å². The molecule has 6 heteroatoms. The molecule has 1 aliphatic heterocycles. The Hall–Kier alpha value is -0.720. The fourth-order valence-corrected chi connectivity index (χ4v) is 2.27. The summed E-state index contributed by atoms with van der Waals surface area (Å²) in [5, 5.41) is 6.69. The lowest BCUT2D eigenvalue weighted by atomic mass is 10.1. The Morgan fingerprint density at radius 1 is 1.47 bits per heavy atom. The largest absolute Gasteiger partial charge is 0.385 e. The van der Waals surface area contributed by atoms with E-state index in [1.807, 2.05) is 0 Å². The molecule has 1 aromatic rings. The maximum Gasteiger partial charge on any atom is 0.198 e. The number of nitrogens with zero attached hydrogens (tertiary/aromatic N) is 2. The Bertz CT molecular complexity index is 386. The molecule has 2 rings (SSSR count). The molecular weight excluding hydrogens is 284 g/mol.